The summed E-state index contributed by atoms with van der Waals surface area (Å²) in [7, 11) is 0. The van der Waals surface area contributed by atoms with Crippen molar-refractivity contribution in [3.8, 4) is 11.3 Å². The monoisotopic (exact) mass is 364 g/mol. The molecular weight excluding hydrogens is 350 g/mol. The van der Waals surface area contributed by atoms with Crippen molar-refractivity contribution >= 4 is 22.4 Å². The summed E-state index contributed by atoms with van der Waals surface area (Å²) in [5, 5.41) is 13.4. The molecule has 0 saturated carbocycles. The Balaban J connectivity index is 1.90. The normalized spacial score (nSPS) is 10.9. The number of nitrogens with zero attached hydrogens (tertiary/aromatic N) is 3. The van der Waals surface area contributed by atoms with Crippen LogP contribution in [0.1, 0.15) is 5.56 Å². The fourth-order valence-electron chi connectivity index (χ4n) is 2.81. The molecular formula is C20H14F2N4O. The molecule has 27 heavy (non-hydrogen) atoms. The second-order valence-electron chi connectivity index (χ2n) is 5.87. The average molecular weight is 364 g/mol. The molecule has 0 spiro atoms. The Morgan fingerprint density at radius 3 is 2.74 bits per heavy atom. The summed E-state index contributed by atoms with van der Waals surface area (Å²) in [6.07, 6.45) is 4.73. The van der Waals surface area contributed by atoms with Crippen LogP contribution in [-0.2, 0) is 6.61 Å². The number of aliphatic hydroxyl groups excluding tert-OH is 1. The van der Waals surface area contributed by atoms with Gasteiger partial charge in [-0.05, 0) is 42.5 Å². The number of hydrogen-bond acceptors (Lipinski definition) is 5. The quantitative estimate of drug-likeness (QED) is 0.568. The maximum absolute atomic E-state index is 14.2. The number of hydrogen-bond donors (Lipinski definition) is 2. The maximum Gasteiger partial charge on any atom is 0.161 e. The fraction of sp³-hybridized carbons (Fsp3) is 0.0500. The minimum Gasteiger partial charge on any atom is -0.392 e. The summed E-state index contributed by atoms with van der Waals surface area (Å²) in [5.41, 5.74) is 2.54. The van der Waals surface area contributed by atoms with Crippen LogP contribution >= 0.6 is 0 Å². The summed E-state index contributed by atoms with van der Waals surface area (Å²) in [6.45, 7) is -0.192. The third-order valence-electron chi connectivity index (χ3n) is 4.13. The minimum absolute atomic E-state index is 0.0442. The van der Waals surface area contributed by atoms with Crippen LogP contribution in [0, 0.1) is 11.6 Å². The molecule has 4 rings (SSSR count). The van der Waals surface area contributed by atoms with E-state index in [1.807, 2.05) is 6.07 Å². The van der Waals surface area contributed by atoms with Crippen molar-refractivity contribution in [2.75, 3.05) is 5.32 Å². The van der Waals surface area contributed by atoms with Crippen LogP contribution in [0.25, 0.3) is 22.3 Å². The van der Waals surface area contributed by atoms with Gasteiger partial charge in [-0.3, -0.25) is 4.98 Å². The number of rotatable bonds is 4. The lowest BCUT2D eigenvalue weighted by Gasteiger charge is -2.14. The molecule has 0 aliphatic carbocycles. The standard InChI is InChI=1S/C20H14F2N4O/c21-13-3-4-16(22)15(8-13)19-9-18(14-2-1-6-24-20(14)26-19)25-17-5-7-23-10-12(17)11-27/h1-10,27H,11H2,(H,23,24,25,26). The molecule has 0 saturated heterocycles. The van der Waals surface area contributed by atoms with Gasteiger partial charge in [-0.2, -0.15) is 0 Å². The molecule has 0 fully saturated rings. The largest absolute Gasteiger partial charge is 0.392 e. The molecule has 134 valence electrons. The molecule has 3 heterocycles. The van der Waals surface area contributed by atoms with Crippen LogP contribution < -0.4 is 5.32 Å². The second kappa shape index (κ2) is 7.05. The van der Waals surface area contributed by atoms with Crippen LogP contribution in [0.4, 0.5) is 20.2 Å². The first-order valence-electron chi connectivity index (χ1n) is 8.17. The Morgan fingerprint density at radius 2 is 1.89 bits per heavy atom. The number of anilines is 2. The molecule has 0 aliphatic heterocycles. The van der Waals surface area contributed by atoms with Crippen molar-refractivity contribution in [2.45, 2.75) is 6.61 Å². The highest BCUT2D eigenvalue weighted by molar-refractivity contribution is 5.93. The van der Waals surface area contributed by atoms with E-state index >= 15 is 0 Å². The fourth-order valence-corrected chi connectivity index (χ4v) is 2.81. The molecule has 7 heteroatoms. The van der Waals surface area contributed by atoms with Gasteiger partial charge in [0, 0.05) is 40.8 Å². The van der Waals surface area contributed by atoms with Gasteiger partial charge in [0.25, 0.3) is 0 Å². The van der Waals surface area contributed by atoms with E-state index in [0.717, 1.165) is 18.2 Å². The smallest absolute Gasteiger partial charge is 0.161 e. The molecule has 5 nitrogen and oxygen atoms in total. The van der Waals surface area contributed by atoms with E-state index in [0.29, 0.717) is 28.0 Å². The van der Waals surface area contributed by atoms with Gasteiger partial charge in [-0.25, -0.2) is 18.7 Å². The van der Waals surface area contributed by atoms with Crippen molar-refractivity contribution in [1.29, 1.82) is 0 Å². The summed E-state index contributed by atoms with van der Waals surface area (Å²) in [4.78, 5) is 12.6. The van der Waals surface area contributed by atoms with Crippen LogP contribution in [0.2, 0.25) is 0 Å². The molecule has 4 aromatic rings. The number of halogens is 2. The Labute approximate surface area is 153 Å². The number of fused-ring (bicyclic) bond motifs is 1. The van der Waals surface area contributed by atoms with Gasteiger partial charge in [0.15, 0.2) is 5.65 Å². The highest BCUT2D eigenvalue weighted by Crippen LogP contribution is 2.31. The zero-order valence-corrected chi connectivity index (χ0v) is 14.0. The topological polar surface area (TPSA) is 70.9 Å². The minimum atomic E-state index is -0.579. The first-order valence-corrected chi connectivity index (χ1v) is 8.17. The zero-order valence-electron chi connectivity index (χ0n) is 14.0. The van der Waals surface area contributed by atoms with Gasteiger partial charge >= 0.3 is 0 Å². The van der Waals surface area contributed by atoms with Gasteiger partial charge in [-0.1, -0.05) is 0 Å². The number of pyridine rings is 3. The predicted octanol–water partition coefficient (Wildman–Crippen LogP) is 4.21. The van der Waals surface area contributed by atoms with Crippen molar-refractivity contribution in [1.82, 2.24) is 15.0 Å². The summed E-state index contributed by atoms with van der Waals surface area (Å²) in [6, 6.07) is 10.2. The molecule has 0 atom stereocenters. The molecule has 3 aromatic heterocycles. The Morgan fingerprint density at radius 1 is 1.00 bits per heavy atom. The number of benzene rings is 1. The highest BCUT2D eigenvalue weighted by Gasteiger charge is 2.13. The van der Waals surface area contributed by atoms with Gasteiger partial charge in [0.05, 0.1) is 18.0 Å². The van der Waals surface area contributed by atoms with E-state index in [1.165, 1.54) is 0 Å². The van der Waals surface area contributed by atoms with Crippen LogP contribution in [-0.4, -0.2) is 20.1 Å². The molecule has 0 bridgehead atoms. The van der Waals surface area contributed by atoms with E-state index < -0.39 is 11.6 Å². The van der Waals surface area contributed by atoms with E-state index in [9.17, 15) is 13.9 Å². The zero-order chi connectivity index (χ0) is 18.8. The summed E-state index contributed by atoms with van der Waals surface area (Å²) in [5.74, 6) is -1.13. The van der Waals surface area contributed by atoms with Crippen molar-refractivity contribution in [3.05, 3.63) is 78.3 Å². The molecule has 0 unspecified atom stereocenters. The molecule has 0 radical (unpaired) electrons. The SMILES string of the molecule is OCc1cnccc1Nc1cc(-c2cc(F)ccc2F)nc2ncccc12. The first-order chi connectivity index (χ1) is 13.2. The van der Waals surface area contributed by atoms with Crippen molar-refractivity contribution in [3.63, 3.8) is 0 Å². The Kier molecular flexibility index (Phi) is 4.43. The van der Waals surface area contributed by atoms with Gasteiger partial charge in [-0.15, -0.1) is 0 Å². The van der Waals surface area contributed by atoms with E-state index in [1.54, 1.807) is 36.8 Å². The molecule has 1 aromatic carbocycles. The first kappa shape index (κ1) is 17.0. The second-order valence-corrected chi connectivity index (χ2v) is 5.87. The van der Waals surface area contributed by atoms with Crippen LogP contribution in [0.3, 0.4) is 0 Å². The van der Waals surface area contributed by atoms with Crippen molar-refractivity contribution in [2.24, 2.45) is 0 Å². The molecule has 2 N–H and O–H groups in total. The summed E-state index contributed by atoms with van der Waals surface area (Å²) >= 11 is 0. The summed E-state index contributed by atoms with van der Waals surface area (Å²) < 4.78 is 27.9. The Bertz CT molecular complexity index is 1130. The van der Waals surface area contributed by atoms with E-state index in [2.05, 4.69) is 20.3 Å². The third kappa shape index (κ3) is 3.32. The van der Waals surface area contributed by atoms with Gasteiger partial charge in [0.2, 0.25) is 0 Å². The lowest BCUT2D eigenvalue weighted by atomic mass is 10.1. The lowest BCUT2D eigenvalue weighted by molar-refractivity contribution is 0.282. The molecule has 0 aliphatic rings. The average Bonchev–Trinajstić information content (AvgIpc) is 2.70. The van der Waals surface area contributed by atoms with Crippen molar-refractivity contribution < 1.29 is 13.9 Å². The number of aromatic nitrogens is 3. The predicted molar refractivity (Wildman–Crippen MR) is 98.3 cm³/mol. The number of aliphatic hydroxyl groups is 1. The molecule has 0 amide bonds. The van der Waals surface area contributed by atoms with E-state index in [-0.39, 0.29) is 17.9 Å². The van der Waals surface area contributed by atoms with Gasteiger partial charge < -0.3 is 10.4 Å². The maximum atomic E-state index is 14.2. The van der Waals surface area contributed by atoms with Crippen LogP contribution in [0.5, 0.6) is 0 Å². The Hall–Kier alpha value is -3.45. The van der Waals surface area contributed by atoms with E-state index in [4.69, 9.17) is 0 Å². The number of nitrogens with one attached hydrogen (secondary N) is 1. The highest BCUT2D eigenvalue weighted by atomic mass is 19.1. The van der Waals surface area contributed by atoms with Crippen LogP contribution in [0.15, 0.2) is 61.1 Å². The van der Waals surface area contributed by atoms with Gasteiger partial charge in [0.1, 0.15) is 11.6 Å². The lowest BCUT2D eigenvalue weighted by Crippen LogP contribution is -2.00. The third-order valence-corrected chi connectivity index (χ3v) is 4.13.